The SMILES string of the molecule is NCCSC(=O)N1CCC[C@H]1C(=O)OCc1ccccc1. The Kier molecular flexibility index (Phi) is 6.07. The number of likely N-dealkylation sites (tertiary alicyclic amines) is 1. The van der Waals surface area contributed by atoms with Gasteiger partial charge in [-0.1, -0.05) is 42.1 Å². The fraction of sp³-hybridized carbons (Fsp3) is 0.467. The molecule has 0 saturated carbocycles. The fourth-order valence-electron chi connectivity index (χ4n) is 2.28. The highest BCUT2D eigenvalue weighted by Crippen LogP contribution is 2.23. The molecular weight excluding hydrogens is 288 g/mol. The summed E-state index contributed by atoms with van der Waals surface area (Å²) in [5, 5.41) is -0.0837. The molecule has 1 aliphatic heterocycles. The molecule has 114 valence electrons. The first-order valence-corrected chi connectivity index (χ1v) is 8.05. The van der Waals surface area contributed by atoms with E-state index in [-0.39, 0.29) is 17.8 Å². The van der Waals surface area contributed by atoms with Crippen molar-refractivity contribution in [3.05, 3.63) is 35.9 Å². The Bertz CT molecular complexity index is 481. The van der Waals surface area contributed by atoms with E-state index in [0.29, 0.717) is 25.3 Å². The minimum absolute atomic E-state index is 0.0837. The Labute approximate surface area is 128 Å². The van der Waals surface area contributed by atoms with E-state index in [1.54, 1.807) is 4.90 Å². The van der Waals surface area contributed by atoms with E-state index in [2.05, 4.69) is 0 Å². The number of hydrogen-bond acceptors (Lipinski definition) is 5. The van der Waals surface area contributed by atoms with Gasteiger partial charge in [-0.3, -0.25) is 4.79 Å². The van der Waals surface area contributed by atoms with E-state index in [0.717, 1.165) is 23.7 Å². The third-order valence-corrected chi connectivity index (χ3v) is 4.25. The Morgan fingerprint density at radius 1 is 1.33 bits per heavy atom. The Balaban J connectivity index is 1.87. The van der Waals surface area contributed by atoms with Crippen LogP contribution in [0.4, 0.5) is 4.79 Å². The smallest absolute Gasteiger partial charge is 0.329 e. The van der Waals surface area contributed by atoms with Gasteiger partial charge in [-0.25, -0.2) is 4.79 Å². The first kappa shape index (κ1) is 15.9. The van der Waals surface area contributed by atoms with Crippen LogP contribution in [-0.2, 0) is 16.1 Å². The van der Waals surface area contributed by atoms with Crippen LogP contribution in [0.25, 0.3) is 0 Å². The van der Waals surface area contributed by atoms with Crippen LogP contribution in [0, 0.1) is 0 Å². The van der Waals surface area contributed by atoms with Gasteiger partial charge in [-0.2, -0.15) is 0 Å². The van der Waals surface area contributed by atoms with Gasteiger partial charge in [-0.15, -0.1) is 0 Å². The van der Waals surface area contributed by atoms with Crippen LogP contribution in [0.5, 0.6) is 0 Å². The van der Waals surface area contributed by atoms with E-state index in [4.69, 9.17) is 10.5 Å². The summed E-state index contributed by atoms with van der Waals surface area (Å²) in [6, 6.07) is 9.07. The van der Waals surface area contributed by atoms with E-state index < -0.39 is 6.04 Å². The van der Waals surface area contributed by atoms with Crippen LogP contribution in [0.15, 0.2) is 30.3 Å². The zero-order valence-corrected chi connectivity index (χ0v) is 12.7. The number of hydrogen-bond donors (Lipinski definition) is 1. The molecule has 6 heteroatoms. The van der Waals surface area contributed by atoms with Gasteiger partial charge < -0.3 is 15.4 Å². The lowest BCUT2D eigenvalue weighted by molar-refractivity contribution is -0.149. The summed E-state index contributed by atoms with van der Waals surface area (Å²) in [5.74, 6) is 0.249. The van der Waals surface area contributed by atoms with E-state index in [1.807, 2.05) is 30.3 Å². The number of nitrogens with zero attached hydrogens (tertiary/aromatic N) is 1. The molecule has 5 nitrogen and oxygen atoms in total. The van der Waals surface area contributed by atoms with E-state index in [1.165, 1.54) is 0 Å². The Morgan fingerprint density at radius 2 is 2.10 bits per heavy atom. The zero-order chi connectivity index (χ0) is 15.1. The average Bonchev–Trinajstić information content (AvgIpc) is 3.01. The van der Waals surface area contributed by atoms with E-state index >= 15 is 0 Å². The van der Waals surface area contributed by atoms with Crippen LogP contribution in [0.2, 0.25) is 0 Å². The van der Waals surface area contributed by atoms with Gasteiger partial charge in [0, 0.05) is 18.8 Å². The summed E-state index contributed by atoms with van der Waals surface area (Å²) >= 11 is 1.16. The second-order valence-electron chi connectivity index (χ2n) is 4.85. The van der Waals surface area contributed by atoms with Crippen molar-refractivity contribution >= 4 is 23.0 Å². The second-order valence-corrected chi connectivity index (χ2v) is 5.89. The molecule has 0 bridgehead atoms. The van der Waals surface area contributed by atoms with Gasteiger partial charge in [0.15, 0.2) is 0 Å². The normalized spacial score (nSPS) is 17.8. The average molecular weight is 308 g/mol. The van der Waals surface area contributed by atoms with Gasteiger partial charge >= 0.3 is 5.97 Å². The van der Waals surface area contributed by atoms with Crippen LogP contribution < -0.4 is 5.73 Å². The summed E-state index contributed by atoms with van der Waals surface area (Å²) in [5.41, 5.74) is 6.34. The summed E-state index contributed by atoms with van der Waals surface area (Å²) in [6.45, 7) is 1.31. The molecule has 1 amide bonds. The number of esters is 1. The molecule has 0 unspecified atom stereocenters. The summed E-state index contributed by atoms with van der Waals surface area (Å²) in [4.78, 5) is 25.8. The fourth-order valence-corrected chi connectivity index (χ4v) is 2.96. The Hall–Kier alpha value is -1.53. The number of carbonyl (C=O) groups is 2. The van der Waals surface area contributed by atoms with Crippen molar-refractivity contribution in [2.24, 2.45) is 5.73 Å². The molecule has 2 N–H and O–H groups in total. The Morgan fingerprint density at radius 3 is 2.81 bits per heavy atom. The van der Waals surface area contributed by atoms with Crippen molar-refractivity contribution in [3.8, 4) is 0 Å². The van der Waals surface area contributed by atoms with Gasteiger partial charge in [0.2, 0.25) is 0 Å². The van der Waals surface area contributed by atoms with Crippen LogP contribution in [-0.4, -0.2) is 41.0 Å². The lowest BCUT2D eigenvalue weighted by Crippen LogP contribution is -2.39. The van der Waals surface area contributed by atoms with E-state index in [9.17, 15) is 9.59 Å². The molecule has 1 aromatic carbocycles. The number of carbonyl (C=O) groups excluding carboxylic acids is 2. The molecule has 1 aliphatic rings. The van der Waals surface area contributed by atoms with Gasteiger partial charge in [0.25, 0.3) is 5.24 Å². The van der Waals surface area contributed by atoms with Crippen molar-refractivity contribution in [2.75, 3.05) is 18.8 Å². The quantitative estimate of drug-likeness (QED) is 0.842. The second kappa shape index (κ2) is 8.05. The highest BCUT2D eigenvalue weighted by atomic mass is 32.2. The zero-order valence-electron chi connectivity index (χ0n) is 11.9. The topological polar surface area (TPSA) is 72.6 Å². The highest BCUT2D eigenvalue weighted by molar-refractivity contribution is 8.13. The molecule has 21 heavy (non-hydrogen) atoms. The first-order chi connectivity index (χ1) is 10.2. The van der Waals surface area contributed by atoms with Gasteiger partial charge in [0.05, 0.1) is 0 Å². The monoisotopic (exact) mass is 308 g/mol. The van der Waals surface area contributed by atoms with Crippen molar-refractivity contribution < 1.29 is 14.3 Å². The maximum atomic E-state index is 12.2. The van der Waals surface area contributed by atoms with Crippen LogP contribution in [0.3, 0.4) is 0 Å². The van der Waals surface area contributed by atoms with Crippen molar-refractivity contribution in [2.45, 2.75) is 25.5 Å². The lowest BCUT2D eigenvalue weighted by Gasteiger charge is -2.22. The number of amides is 1. The molecule has 0 spiro atoms. The minimum atomic E-state index is -0.452. The number of rotatable bonds is 5. The highest BCUT2D eigenvalue weighted by Gasteiger charge is 2.35. The molecule has 2 rings (SSSR count). The molecular formula is C15H20N2O3S. The predicted octanol–water partition coefficient (Wildman–Crippen LogP) is 2.01. The van der Waals surface area contributed by atoms with Crippen LogP contribution in [0.1, 0.15) is 18.4 Å². The van der Waals surface area contributed by atoms with Crippen molar-refractivity contribution in [1.29, 1.82) is 0 Å². The van der Waals surface area contributed by atoms with Gasteiger partial charge in [-0.05, 0) is 18.4 Å². The predicted molar refractivity (Wildman–Crippen MR) is 82.9 cm³/mol. The number of benzene rings is 1. The first-order valence-electron chi connectivity index (χ1n) is 7.06. The van der Waals surface area contributed by atoms with Crippen molar-refractivity contribution in [1.82, 2.24) is 4.90 Å². The molecule has 0 radical (unpaired) electrons. The molecule has 1 saturated heterocycles. The maximum absolute atomic E-state index is 12.2. The minimum Gasteiger partial charge on any atom is -0.459 e. The summed E-state index contributed by atoms with van der Waals surface area (Å²) in [7, 11) is 0. The van der Waals surface area contributed by atoms with Crippen molar-refractivity contribution in [3.63, 3.8) is 0 Å². The molecule has 1 heterocycles. The lowest BCUT2D eigenvalue weighted by atomic mass is 10.2. The number of nitrogens with two attached hydrogens (primary N) is 1. The number of ether oxygens (including phenoxy) is 1. The van der Waals surface area contributed by atoms with Gasteiger partial charge in [0.1, 0.15) is 12.6 Å². The number of thioether (sulfide) groups is 1. The third-order valence-electron chi connectivity index (χ3n) is 3.33. The largest absolute Gasteiger partial charge is 0.459 e. The third kappa shape index (κ3) is 4.47. The molecule has 1 aromatic rings. The summed E-state index contributed by atoms with van der Waals surface area (Å²) in [6.07, 6.45) is 1.50. The maximum Gasteiger partial charge on any atom is 0.329 e. The molecule has 0 aromatic heterocycles. The molecule has 0 aliphatic carbocycles. The summed E-state index contributed by atoms with van der Waals surface area (Å²) < 4.78 is 5.33. The molecule has 1 fully saturated rings. The standard InChI is InChI=1S/C15H20N2O3S/c16-8-10-21-15(19)17-9-4-7-13(17)14(18)20-11-12-5-2-1-3-6-12/h1-3,5-6,13H,4,7-11,16H2/t13-/m0/s1. The van der Waals surface area contributed by atoms with Crippen LogP contribution >= 0.6 is 11.8 Å². The molecule has 1 atom stereocenters.